The number of fused-ring (bicyclic) bond motifs is 1. The molecule has 1 unspecified atom stereocenters. The van der Waals surface area contributed by atoms with Crippen LogP contribution >= 0.6 is 22.9 Å². The summed E-state index contributed by atoms with van der Waals surface area (Å²) in [6, 6.07) is 10.1. The molecule has 3 aliphatic heterocycles. The zero-order valence-corrected chi connectivity index (χ0v) is 25.6. The lowest BCUT2D eigenvalue weighted by Gasteiger charge is -2.38. The van der Waals surface area contributed by atoms with Gasteiger partial charge in [-0.1, -0.05) is 29.8 Å². The molecule has 45 heavy (non-hydrogen) atoms. The Morgan fingerprint density at radius 2 is 2.00 bits per heavy atom. The van der Waals surface area contributed by atoms with Crippen molar-refractivity contribution in [1.82, 2.24) is 20.1 Å². The Hall–Kier alpha value is -4.59. The minimum absolute atomic E-state index is 0.0945. The first-order chi connectivity index (χ1) is 21.7. The van der Waals surface area contributed by atoms with Crippen molar-refractivity contribution in [3.8, 4) is 0 Å². The number of hydrogen-bond acceptors (Lipinski definition) is 9. The van der Waals surface area contributed by atoms with E-state index in [0.29, 0.717) is 60.4 Å². The van der Waals surface area contributed by atoms with Gasteiger partial charge in [-0.3, -0.25) is 14.8 Å². The number of carbonyl (C=O) groups is 3. The summed E-state index contributed by atoms with van der Waals surface area (Å²) in [5, 5.41) is 14.8. The molecule has 2 fully saturated rings. The lowest BCUT2D eigenvalue weighted by molar-refractivity contribution is -0.136. The first-order valence-corrected chi connectivity index (χ1v) is 15.3. The van der Waals surface area contributed by atoms with Gasteiger partial charge >= 0.3 is 18.0 Å². The number of ether oxygens (including phenoxy) is 1. The molecule has 0 aliphatic carbocycles. The highest BCUT2D eigenvalue weighted by Gasteiger charge is 2.42. The molecule has 6 rings (SSSR count). The van der Waals surface area contributed by atoms with Gasteiger partial charge in [-0.2, -0.15) is 0 Å². The summed E-state index contributed by atoms with van der Waals surface area (Å²) >= 11 is 7.85. The molecule has 3 aliphatic rings. The topological polar surface area (TPSA) is 128 Å². The summed E-state index contributed by atoms with van der Waals surface area (Å²) in [6.07, 6.45) is 4.22. The molecule has 2 atom stereocenters. The van der Waals surface area contributed by atoms with E-state index in [2.05, 4.69) is 15.2 Å². The van der Waals surface area contributed by atoms with E-state index < -0.39 is 23.8 Å². The average molecular weight is 651 g/mol. The highest BCUT2D eigenvalue weighted by atomic mass is 35.5. The summed E-state index contributed by atoms with van der Waals surface area (Å²) in [4.78, 5) is 52.3. The van der Waals surface area contributed by atoms with Crippen LogP contribution in [0.2, 0.25) is 5.02 Å². The number of thiazole rings is 1. The number of methoxy groups -OCH3 is 1. The maximum Gasteiger partial charge on any atom is 0.338 e. The van der Waals surface area contributed by atoms with Crippen LogP contribution in [-0.4, -0.2) is 89.6 Å². The largest absolute Gasteiger partial charge is 0.478 e. The lowest BCUT2D eigenvalue weighted by Crippen LogP contribution is -2.53. The number of halogens is 2. The normalized spacial score (nSPS) is 20.3. The number of carbonyl (C=O) groups excluding carboxylic acids is 2. The maximum atomic E-state index is 14.0. The second kappa shape index (κ2) is 12.8. The van der Waals surface area contributed by atoms with Crippen molar-refractivity contribution < 1.29 is 28.6 Å². The summed E-state index contributed by atoms with van der Waals surface area (Å²) in [5.74, 6) is -1.67. The smallest absolute Gasteiger partial charge is 0.338 e. The number of nitrogens with zero attached hydrogens (tertiary/aromatic N) is 5. The number of aliphatic carboxylic acids is 1. The number of nitrogens with one attached hydrogen (secondary N) is 1. The zero-order valence-electron chi connectivity index (χ0n) is 24.0. The third-order valence-corrected chi connectivity index (χ3v) is 8.97. The molecule has 4 heterocycles. The molecular formula is C31H28ClFN6O5S. The van der Waals surface area contributed by atoms with Crippen molar-refractivity contribution in [3.63, 3.8) is 0 Å². The molecule has 11 nitrogen and oxygen atoms in total. The fraction of sp³-hybridized carbons (Fsp3) is 0.258. The van der Waals surface area contributed by atoms with Gasteiger partial charge in [0.2, 0.25) is 0 Å². The van der Waals surface area contributed by atoms with E-state index in [0.717, 1.165) is 11.8 Å². The van der Waals surface area contributed by atoms with Gasteiger partial charge in [0.05, 0.1) is 18.7 Å². The highest BCUT2D eigenvalue weighted by Crippen LogP contribution is 2.37. The molecule has 2 saturated heterocycles. The van der Waals surface area contributed by atoms with Gasteiger partial charge in [0.1, 0.15) is 11.9 Å². The first kappa shape index (κ1) is 30.4. The minimum atomic E-state index is -1.03. The molecular weight excluding hydrogens is 623 g/mol. The first-order valence-electron chi connectivity index (χ1n) is 14.0. The Balaban J connectivity index is 1.25. The summed E-state index contributed by atoms with van der Waals surface area (Å²) < 4.78 is 19.1. The Labute approximate surface area is 266 Å². The molecule has 0 saturated carbocycles. The highest BCUT2D eigenvalue weighted by molar-refractivity contribution is 7.11. The van der Waals surface area contributed by atoms with E-state index in [4.69, 9.17) is 26.4 Å². The van der Waals surface area contributed by atoms with E-state index in [1.807, 2.05) is 10.3 Å². The van der Waals surface area contributed by atoms with Gasteiger partial charge < -0.3 is 20.1 Å². The average Bonchev–Trinajstić information content (AvgIpc) is 3.68. The lowest BCUT2D eigenvalue weighted by atomic mass is 9.95. The minimum Gasteiger partial charge on any atom is -0.478 e. The number of aromatic nitrogens is 1. The molecule has 0 spiro atoms. The summed E-state index contributed by atoms with van der Waals surface area (Å²) in [7, 11) is 1.29. The van der Waals surface area contributed by atoms with Crippen molar-refractivity contribution in [2.45, 2.75) is 12.1 Å². The van der Waals surface area contributed by atoms with Gasteiger partial charge in [0, 0.05) is 72.3 Å². The fourth-order valence-electron chi connectivity index (χ4n) is 5.76. The standard InChI is InChI=1S/C31H28ClFN6O5S/c1-44-30(42)26-24(35-28(29-34-10-13-45-29)36-27(26)22-8-5-19(33)14-23(22)32)17-37-11-12-38-21(15-37)16-39(31(38)43)20-6-2-18(3-7-20)4-9-25(40)41/h2-10,13-14,21,27H,11-12,15-17H2,1H3,(H,35,36)(H,40,41)/b9-4+/t21-,27?/m0/s1. The van der Waals surface area contributed by atoms with E-state index in [1.165, 1.54) is 42.7 Å². The number of urea groups is 1. The van der Waals surface area contributed by atoms with E-state index >= 15 is 0 Å². The monoisotopic (exact) mass is 650 g/mol. The quantitative estimate of drug-likeness (QED) is 0.275. The molecule has 2 aromatic carbocycles. The number of amides is 2. The molecule has 232 valence electrons. The number of rotatable bonds is 8. The summed E-state index contributed by atoms with van der Waals surface area (Å²) in [5.41, 5.74) is 2.72. The van der Waals surface area contributed by atoms with Crippen LogP contribution in [0, 0.1) is 5.82 Å². The van der Waals surface area contributed by atoms with Crippen LogP contribution in [0.3, 0.4) is 0 Å². The summed E-state index contributed by atoms with van der Waals surface area (Å²) in [6.45, 7) is 2.39. The number of benzene rings is 2. The van der Waals surface area contributed by atoms with Gasteiger partial charge in [-0.15, -0.1) is 11.3 Å². The van der Waals surface area contributed by atoms with Gasteiger partial charge in [-0.25, -0.2) is 23.8 Å². The van der Waals surface area contributed by atoms with Crippen molar-refractivity contribution in [2.24, 2.45) is 4.99 Å². The van der Waals surface area contributed by atoms with Crippen LogP contribution in [-0.2, 0) is 14.3 Å². The van der Waals surface area contributed by atoms with Crippen LogP contribution in [0.1, 0.15) is 22.2 Å². The molecule has 0 bridgehead atoms. The van der Waals surface area contributed by atoms with Crippen molar-refractivity contribution in [3.05, 3.63) is 98.4 Å². The Bertz CT molecular complexity index is 1730. The van der Waals surface area contributed by atoms with Crippen LogP contribution in [0.25, 0.3) is 6.08 Å². The molecule has 14 heteroatoms. The number of carboxylic acids is 1. The van der Waals surface area contributed by atoms with Crippen LogP contribution in [0.5, 0.6) is 0 Å². The van der Waals surface area contributed by atoms with Crippen molar-refractivity contribution in [1.29, 1.82) is 0 Å². The van der Waals surface area contributed by atoms with Crippen LogP contribution in [0.15, 0.2) is 76.4 Å². The van der Waals surface area contributed by atoms with Crippen molar-refractivity contribution >= 4 is 58.5 Å². The maximum absolute atomic E-state index is 14.0. The predicted octanol–water partition coefficient (Wildman–Crippen LogP) is 4.18. The van der Waals surface area contributed by atoms with Crippen LogP contribution < -0.4 is 10.2 Å². The number of esters is 1. The number of piperazine rings is 1. The van der Waals surface area contributed by atoms with E-state index in [9.17, 15) is 18.8 Å². The third kappa shape index (κ3) is 6.32. The number of carboxylic acid groups (broad SMARTS) is 1. The molecule has 2 N–H and O–H groups in total. The van der Waals surface area contributed by atoms with Gasteiger partial charge in [0.25, 0.3) is 0 Å². The number of hydrogen-bond donors (Lipinski definition) is 2. The molecule has 3 aromatic rings. The van der Waals surface area contributed by atoms with E-state index in [-0.39, 0.29) is 22.7 Å². The number of amidine groups is 1. The van der Waals surface area contributed by atoms with E-state index in [1.54, 1.807) is 35.4 Å². The third-order valence-electron chi connectivity index (χ3n) is 7.86. The zero-order chi connectivity index (χ0) is 31.7. The predicted molar refractivity (Wildman–Crippen MR) is 168 cm³/mol. The van der Waals surface area contributed by atoms with Gasteiger partial charge in [-0.05, 0) is 35.9 Å². The second-order valence-corrected chi connectivity index (χ2v) is 11.9. The SMILES string of the molecule is COC(=O)C1=C(CN2CCN3C(=O)N(c4ccc(/C=C/C(=O)O)cc4)C[C@@H]3C2)NC(c2nccs2)=NC1c1ccc(F)cc1Cl. The number of anilines is 1. The number of aliphatic imine (C=N–C) groups is 1. The van der Waals surface area contributed by atoms with Crippen molar-refractivity contribution in [2.75, 3.05) is 44.7 Å². The molecule has 0 radical (unpaired) electrons. The van der Waals surface area contributed by atoms with Gasteiger partial charge in [0.15, 0.2) is 10.8 Å². The Morgan fingerprint density at radius 1 is 1.20 bits per heavy atom. The fourth-order valence-corrected chi connectivity index (χ4v) is 6.61. The Kier molecular flexibility index (Phi) is 8.65. The Morgan fingerprint density at radius 3 is 2.69 bits per heavy atom. The molecule has 1 aromatic heterocycles. The van der Waals surface area contributed by atoms with Crippen LogP contribution in [0.4, 0.5) is 14.9 Å². The second-order valence-electron chi connectivity index (χ2n) is 10.6. The molecule has 2 amide bonds.